The molecule has 0 aromatic carbocycles. The Balaban J connectivity index is 4.15. The van der Waals surface area contributed by atoms with Crippen molar-refractivity contribution in [1.29, 1.82) is 5.26 Å². The molecule has 7 heteroatoms. The Morgan fingerprint density at radius 2 is 2.14 bits per heavy atom. The van der Waals surface area contributed by atoms with E-state index in [2.05, 4.69) is 5.73 Å². The highest BCUT2D eigenvalue weighted by Gasteiger charge is 2.37. The zero-order chi connectivity index (χ0) is 11.4. The summed E-state index contributed by atoms with van der Waals surface area (Å²) >= 11 is 0. The summed E-state index contributed by atoms with van der Waals surface area (Å²) in [5.41, 5.74) is 4.37. The van der Waals surface area contributed by atoms with E-state index in [0.29, 0.717) is 11.3 Å². The third kappa shape index (κ3) is 3.35. The number of primary amides is 1. The highest BCUT2D eigenvalue weighted by atomic mass is 19.3. The molecule has 2 N–H and O–H groups in total. The lowest BCUT2D eigenvalue weighted by Crippen LogP contribution is -2.37. The molecule has 0 saturated heterocycles. The number of carbonyl (C=O) groups excluding carboxylic acids is 2. The molecule has 0 saturated carbocycles. The zero-order valence-corrected chi connectivity index (χ0v) is 7.33. The van der Waals surface area contributed by atoms with E-state index in [4.69, 9.17) is 5.26 Å². The molecule has 0 atom stereocenters. The van der Waals surface area contributed by atoms with Gasteiger partial charge in [-0.25, -0.2) is 0 Å². The average Bonchev–Trinajstić information content (AvgIpc) is 2.12. The molecular weight excluding hydrogens is 196 g/mol. The summed E-state index contributed by atoms with van der Waals surface area (Å²) in [5.74, 6) is -6.47. The van der Waals surface area contributed by atoms with Gasteiger partial charge in [0, 0.05) is 13.5 Å². The lowest BCUT2D eigenvalue weighted by Gasteiger charge is -2.12. The highest BCUT2D eigenvalue weighted by Crippen LogP contribution is 2.19. The molecule has 0 aliphatic rings. The van der Waals surface area contributed by atoms with E-state index in [0.717, 1.165) is 7.05 Å². The predicted octanol–water partition coefficient (Wildman–Crippen LogP) is -0.359. The topological polar surface area (TPSA) is 87.2 Å². The van der Waals surface area contributed by atoms with E-state index in [9.17, 15) is 18.4 Å². The SMILES string of the molecule is CN(C#N)C(=O)[CH]CC(F)(F)C(N)=O. The Kier molecular flexibility index (Phi) is 3.95. The normalized spacial score (nSPS) is 10.4. The van der Waals surface area contributed by atoms with Crippen LogP contribution in [0.4, 0.5) is 8.78 Å². The summed E-state index contributed by atoms with van der Waals surface area (Å²) in [6.45, 7) is 0. The summed E-state index contributed by atoms with van der Waals surface area (Å²) in [6, 6.07) is 0. The van der Waals surface area contributed by atoms with Gasteiger partial charge in [0.25, 0.3) is 5.91 Å². The second-order valence-electron chi connectivity index (χ2n) is 2.47. The molecule has 77 valence electrons. The Bertz CT molecular complexity index is 285. The molecule has 0 aromatic rings. The van der Waals surface area contributed by atoms with Crippen molar-refractivity contribution in [3.05, 3.63) is 6.42 Å². The lowest BCUT2D eigenvalue weighted by atomic mass is 10.1. The second-order valence-corrected chi connectivity index (χ2v) is 2.47. The molecule has 1 radical (unpaired) electrons. The van der Waals surface area contributed by atoms with Gasteiger partial charge in [-0.05, 0) is 0 Å². The highest BCUT2D eigenvalue weighted by molar-refractivity contribution is 5.88. The maximum Gasteiger partial charge on any atom is 0.325 e. The van der Waals surface area contributed by atoms with Crippen molar-refractivity contribution in [3.8, 4) is 6.19 Å². The fraction of sp³-hybridized carbons (Fsp3) is 0.429. The molecular formula is C7H8F2N3O2. The zero-order valence-electron chi connectivity index (χ0n) is 7.33. The van der Waals surface area contributed by atoms with Crippen molar-refractivity contribution in [2.45, 2.75) is 12.3 Å². The molecule has 0 aliphatic carbocycles. The van der Waals surface area contributed by atoms with Crippen LogP contribution in [0, 0.1) is 17.9 Å². The van der Waals surface area contributed by atoms with Crippen LogP contribution >= 0.6 is 0 Å². The third-order valence-corrected chi connectivity index (χ3v) is 1.37. The lowest BCUT2D eigenvalue weighted by molar-refractivity contribution is -0.142. The standard InChI is InChI=1S/C7H8F2N3O2/c1-12(4-10)5(13)2-3-7(8,9)6(11)14/h2H,3H2,1H3,(H2,11,14). The van der Waals surface area contributed by atoms with E-state index in [1.54, 1.807) is 0 Å². The fourth-order valence-electron chi connectivity index (χ4n) is 0.502. The fourth-order valence-corrected chi connectivity index (χ4v) is 0.502. The van der Waals surface area contributed by atoms with Crippen molar-refractivity contribution in [2.24, 2.45) is 5.73 Å². The summed E-state index contributed by atoms with van der Waals surface area (Å²) in [4.78, 5) is 21.5. The summed E-state index contributed by atoms with van der Waals surface area (Å²) in [6.07, 6.45) is 0.853. The Hall–Kier alpha value is -1.71. The monoisotopic (exact) mass is 204 g/mol. The molecule has 0 aliphatic heterocycles. The van der Waals surface area contributed by atoms with Gasteiger partial charge in [-0.1, -0.05) is 0 Å². The maximum atomic E-state index is 12.5. The molecule has 0 fully saturated rings. The van der Waals surface area contributed by atoms with Crippen LogP contribution in [0.25, 0.3) is 0 Å². The van der Waals surface area contributed by atoms with Crippen LogP contribution < -0.4 is 5.73 Å². The Morgan fingerprint density at radius 1 is 1.64 bits per heavy atom. The first kappa shape index (κ1) is 12.3. The molecule has 0 heterocycles. The molecule has 2 amide bonds. The second kappa shape index (κ2) is 4.50. The van der Waals surface area contributed by atoms with E-state index in [1.807, 2.05) is 0 Å². The van der Waals surface area contributed by atoms with Gasteiger partial charge in [0.1, 0.15) is 0 Å². The van der Waals surface area contributed by atoms with Crippen LogP contribution in [0.15, 0.2) is 0 Å². The van der Waals surface area contributed by atoms with E-state index in [-0.39, 0.29) is 0 Å². The minimum absolute atomic E-state index is 0.536. The minimum Gasteiger partial charge on any atom is -0.364 e. The first-order chi connectivity index (χ1) is 6.31. The van der Waals surface area contributed by atoms with E-state index < -0.39 is 24.2 Å². The van der Waals surface area contributed by atoms with Crippen molar-refractivity contribution in [3.63, 3.8) is 0 Å². The van der Waals surface area contributed by atoms with Crippen LogP contribution in [0.1, 0.15) is 6.42 Å². The predicted molar refractivity (Wildman–Crippen MR) is 41.4 cm³/mol. The largest absolute Gasteiger partial charge is 0.364 e. The Morgan fingerprint density at radius 3 is 2.50 bits per heavy atom. The maximum absolute atomic E-state index is 12.5. The van der Waals surface area contributed by atoms with Crippen molar-refractivity contribution >= 4 is 11.8 Å². The number of nitriles is 1. The van der Waals surface area contributed by atoms with Gasteiger partial charge < -0.3 is 5.73 Å². The van der Waals surface area contributed by atoms with Gasteiger partial charge in [0.15, 0.2) is 6.19 Å². The third-order valence-electron chi connectivity index (χ3n) is 1.37. The molecule has 0 aromatic heterocycles. The van der Waals surface area contributed by atoms with Gasteiger partial charge in [-0.15, -0.1) is 0 Å². The van der Waals surface area contributed by atoms with Crippen LogP contribution in [-0.4, -0.2) is 29.7 Å². The number of rotatable bonds is 4. The first-order valence-corrected chi connectivity index (χ1v) is 3.49. The van der Waals surface area contributed by atoms with Crippen molar-refractivity contribution < 1.29 is 18.4 Å². The van der Waals surface area contributed by atoms with Gasteiger partial charge in [0.05, 0.1) is 6.42 Å². The van der Waals surface area contributed by atoms with Crippen LogP contribution in [-0.2, 0) is 9.59 Å². The molecule has 0 rings (SSSR count). The number of alkyl halides is 2. The number of nitrogens with zero attached hydrogens (tertiary/aromatic N) is 2. The van der Waals surface area contributed by atoms with Gasteiger partial charge >= 0.3 is 5.92 Å². The van der Waals surface area contributed by atoms with Crippen molar-refractivity contribution in [2.75, 3.05) is 7.05 Å². The summed E-state index contributed by atoms with van der Waals surface area (Å²) in [7, 11) is 1.11. The van der Waals surface area contributed by atoms with Gasteiger partial charge in [-0.3, -0.25) is 14.5 Å². The van der Waals surface area contributed by atoms with E-state index >= 15 is 0 Å². The molecule has 0 bridgehead atoms. The van der Waals surface area contributed by atoms with Crippen LogP contribution in [0.5, 0.6) is 0 Å². The summed E-state index contributed by atoms with van der Waals surface area (Å²) in [5, 5.41) is 8.20. The van der Waals surface area contributed by atoms with Crippen LogP contribution in [0.3, 0.4) is 0 Å². The molecule has 5 nitrogen and oxygen atoms in total. The minimum atomic E-state index is -3.76. The quantitative estimate of drug-likeness (QED) is 0.501. The number of hydrogen-bond acceptors (Lipinski definition) is 3. The van der Waals surface area contributed by atoms with Gasteiger partial charge in [-0.2, -0.15) is 14.0 Å². The Labute approximate surface area is 79.1 Å². The summed E-state index contributed by atoms with van der Waals surface area (Å²) < 4.78 is 25.0. The molecule has 0 spiro atoms. The smallest absolute Gasteiger partial charge is 0.325 e. The van der Waals surface area contributed by atoms with Crippen LogP contribution in [0.2, 0.25) is 0 Å². The molecule has 0 unspecified atom stereocenters. The van der Waals surface area contributed by atoms with Crippen molar-refractivity contribution in [1.82, 2.24) is 4.90 Å². The van der Waals surface area contributed by atoms with E-state index in [1.165, 1.54) is 6.19 Å². The number of amides is 2. The number of hydrogen-bond donors (Lipinski definition) is 1. The number of nitrogens with two attached hydrogens (primary N) is 1. The number of halogens is 2. The van der Waals surface area contributed by atoms with Gasteiger partial charge in [0.2, 0.25) is 5.91 Å². The number of carbonyl (C=O) groups is 2. The first-order valence-electron chi connectivity index (χ1n) is 3.49. The average molecular weight is 204 g/mol. The molecule has 14 heavy (non-hydrogen) atoms.